The van der Waals surface area contributed by atoms with Crippen molar-refractivity contribution in [2.75, 3.05) is 26.8 Å². The van der Waals surface area contributed by atoms with E-state index in [4.69, 9.17) is 14.2 Å². The van der Waals surface area contributed by atoms with Crippen LogP contribution in [0.15, 0.2) is 18.2 Å². The van der Waals surface area contributed by atoms with E-state index < -0.39 is 0 Å². The first-order valence-electron chi connectivity index (χ1n) is 6.87. The van der Waals surface area contributed by atoms with Crippen LogP contribution in [0.5, 0.6) is 5.75 Å². The molecule has 1 spiro atoms. The maximum Gasteiger partial charge on any atom is 0.184 e. The molecule has 1 aromatic carbocycles. The van der Waals surface area contributed by atoms with Gasteiger partial charge in [-0.2, -0.15) is 0 Å². The molecule has 0 bridgehead atoms. The van der Waals surface area contributed by atoms with Crippen LogP contribution in [0.1, 0.15) is 30.3 Å². The van der Waals surface area contributed by atoms with Crippen molar-refractivity contribution in [1.29, 1.82) is 0 Å². The summed E-state index contributed by atoms with van der Waals surface area (Å²) in [6.45, 7) is 4.76. The fourth-order valence-electron chi connectivity index (χ4n) is 2.88. The lowest BCUT2D eigenvalue weighted by atomic mass is 9.93. The van der Waals surface area contributed by atoms with Crippen molar-refractivity contribution >= 4 is 0 Å². The normalized spacial score (nSPS) is 25.7. The van der Waals surface area contributed by atoms with Crippen LogP contribution in [0.3, 0.4) is 0 Å². The molecule has 0 amide bonds. The predicted octanol–water partition coefficient (Wildman–Crippen LogP) is 2.17. The lowest BCUT2D eigenvalue weighted by molar-refractivity contribution is -0.101. The number of ether oxygens (including phenoxy) is 3. The first-order valence-corrected chi connectivity index (χ1v) is 6.87. The number of nitrogens with one attached hydrogen (secondary N) is 1. The summed E-state index contributed by atoms with van der Waals surface area (Å²) in [6, 6.07) is 6.09. The Morgan fingerprint density at radius 1 is 1.32 bits per heavy atom. The van der Waals surface area contributed by atoms with Gasteiger partial charge < -0.3 is 19.5 Å². The van der Waals surface area contributed by atoms with Crippen molar-refractivity contribution < 1.29 is 14.2 Å². The van der Waals surface area contributed by atoms with Gasteiger partial charge in [-0.25, -0.2) is 0 Å². The highest BCUT2D eigenvalue weighted by molar-refractivity contribution is 5.36. The van der Waals surface area contributed by atoms with E-state index in [-0.39, 0.29) is 11.9 Å². The van der Waals surface area contributed by atoms with Gasteiger partial charge in [0.15, 0.2) is 6.29 Å². The molecule has 2 fully saturated rings. The van der Waals surface area contributed by atoms with Crippen LogP contribution in [-0.4, -0.2) is 32.4 Å². The summed E-state index contributed by atoms with van der Waals surface area (Å²) in [4.78, 5) is 0. The van der Waals surface area contributed by atoms with Gasteiger partial charge in [0.25, 0.3) is 0 Å². The summed E-state index contributed by atoms with van der Waals surface area (Å²) in [5, 5.41) is 3.36. The fraction of sp³-hybridized carbons (Fsp3) is 0.600. The maximum atomic E-state index is 6.20. The Morgan fingerprint density at radius 2 is 2.11 bits per heavy atom. The molecule has 2 aliphatic heterocycles. The second-order valence-corrected chi connectivity index (χ2v) is 5.42. The highest BCUT2D eigenvalue weighted by Gasteiger charge is 2.42. The van der Waals surface area contributed by atoms with E-state index in [1.807, 2.05) is 19.1 Å². The smallest absolute Gasteiger partial charge is 0.184 e. The molecule has 2 heterocycles. The molecule has 1 unspecified atom stereocenters. The number of methoxy groups -OCH3 is 1. The van der Waals surface area contributed by atoms with Crippen LogP contribution in [-0.2, 0) is 9.47 Å². The Bertz CT molecular complexity index is 455. The van der Waals surface area contributed by atoms with Crippen LogP contribution in [0.4, 0.5) is 0 Å². The van der Waals surface area contributed by atoms with Gasteiger partial charge in [-0.15, -0.1) is 0 Å². The minimum Gasteiger partial charge on any atom is -0.496 e. The summed E-state index contributed by atoms with van der Waals surface area (Å²) < 4.78 is 17.4. The third-order valence-electron chi connectivity index (χ3n) is 4.06. The van der Waals surface area contributed by atoms with E-state index in [1.165, 1.54) is 0 Å². The summed E-state index contributed by atoms with van der Waals surface area (Å²) in [6.07, 6.45) is 1.82. The quantitative estimate of drug-likeness (QED) is 0.887. The van der Waals surface area contributed by atoms with Crippen molar-refractivity contribution in [2.45, 2.75) is 31.7 Å². The fourth-order valence-corrected chi connectivity index (χ4v) is 2.88. The molecular weight excluding hydrogens is 242 g/mol. The Labute approximate surface area is 114 Å². The lowest BCUT2D eigenvalue weighted by Gasteiger charge is -2.31. The molecule has 2 aliphatic rings. The van der Waals surface area contributed by atoms with Gasteiger partial charge in [0.2, 0.25) is 0 Å². The van der Waals surface area contributed by atoms with E-state index in [1.54, 1.807) is 7.11 Å². The van der Waals surface area contributed by atoms with E-state index in [2.05, 4.69) is 11.4 Å². The largest absolute Gasteiger partial charge is 0.496 e. The molecule has 4 heteroatoms. The topological polar surface area (TPSA) is 39.7 Å². The zero-order valence-electron chi connectivity index (χ0n) is 11.6. The van der Waals surface area contributed by atoms with Crippen molar-refractivity contribution in [2.24, 2.45) is 0 Å². The predicted molar refractivity (Wildman–Crippen MR) is 72.3 cm³/mol. The molecule has 3 rings (SSSR count). The highest BCUT2D eigenvalue weighted by Crippen LogP contribution is 2.39. The van der Waals surface area contributed by atoms with Gasteiger partial charge in [-0.05, 0) is 50.6 Å². The van der Waals surface area contributed by atoms with Crippen molar-refractivity contribution in [3.63, 3.8) is 0 Å². The minimum absolute atomic E-state index is 0.0796. The highest BCUT2D eigenvalue weighted by atomic mass is 16.7. The van der Waals surface area contributed by atoms with Gasteiger partial charge in [-0.3, -0.25) is 0 Å². The number of benzene rings is 1. The van der Waals surface area contributed by atoms with Gasteiger partial charge in [0.05, 0.1) is 19.3 Å². The molecule has 0 aliphatic carbocycles. The molecule has 0 saturated carbocycles. The van der Waals surface area contributed by atoms with E-state index in [9.17, 15) is 0 Å². The summed E-state index contributed by atoms with van der Waals surface area (Å²) in [5.41, 5.74) is 2.11. The molecular formula is C15H21NO3. The van der Waals surface area contributed by atoms with E-state index in [0.717, 1.165) is 42.8 Å². The Morgan fingerprint density at radius 3 is 2.79 bits per heavy atom. The molecule has 104 valence electrons. The summed E-state index contributed by atoms with van der Waals surface area (Å²) in [7, 11) is 1.69. The number of aryl methyl sites for hydroxylation is 1. The number of hydrogen-bond donors (Lipinski definition) is 1. The molecule has 1 aromatic rings. The first kappa shape index (κ1) is 12.9. The summed E-state index contributed by atoms with van der Waals surface area (Å²) >= 11 is 0. The second kappa shape index (κ2) is 5.12. The molecule has 2 saturated heterocycles. The van der Waals surface area contributed by atoms with Gasteiger partial charge >= 0.3 is 0 Å². The average molecular weight is 263 g/mol. The minimum atomic E-state index is -0.234. The number of rotatable bonds is 2. The second-order valence-electron chi connectivity index (χ2n) is 5.42. The zero-order chi connectivity index (χ0) is 13.3. The molecule has 4 nitrogen and oxygen atoms in total. The molecule has 0 aromatic heterocycles. The van der Waals surface area contributed by atoms with Crippen LogP contribution in [0.2, 0.25) is 0 Å². The average Bonchev–Trinajstić information content (AvgIpc) is 2.83. The Hall–Kier alpha value is -1.10. The van der Waals surface area contributed by atoms with Gasteiger partial charge in [0, 0.05) is 5.56 Å². The monoisotopic (exact) mass is 263 g/mol. The SMILES string of the molecule is COc1ccc(C2OCC3(CCNCC3)O2)cc1C. The van der Waals surface area contributed by atoms with E-state index in [0.29, 0.717) is 6.61 Å². The van der Waals surface area contributed by atoms with Crippen LogP contribution >= 0.6 is 0 Å². The number of hydrogen-bond acceptors (Lipinski definition) is 4. The standard InChI is InChI=1S/C15H21NO3/c1-11-9-12(3-4-13(11)17-2)14-18-10-15(19-14)5-7-16-8-6-15/h3-4,9,14,16H,5-8,10H2,1-2H3. The van der Waals surface area contributed by atoms with Crippen molar-refractivity contribution in [1.82, 2.24) is 5.32 Å². The Kier molecular flexibility index (Phi) is 3.48. The molecule has 1 N–H and O–H groups in total. The van der Waals surface area contributed by atoms with Crippen LogP contribution < -0.4 is 10.1 Å². The third kappa shape index (κ3) is 2.48. The van der Waals surface area contributed by atoms with Gasteiger partial charge in [-0.1, -0.05) is 6.07 Å². The van der Waals surface area contributed by atoms with Gasteiger partial charge in [0.1, 0.15) is 5.75 Å². The zero-order valence-corrected chi connectivity index (χ0v) is 11.6. The first-order chi connectivity index (χ1) is 9.22. The number of piperidine rings is 1. The maximum absolute atomic E-state index is 6.20. The summed E-state index contributed by atoms with van der Waals surface area (Å²) in [5.74, 6) is 0.901. The molecule has 1 atom stereocenters. The van der Waals surface area contributed by atoms with Crippen LogP contribution in [0, 0.1) is 6.92 Å². The Balaban J connectivity index is 1.75. The van der Waals surface area contributed by atoms with Crippen molar-refractivity contribution in [3.05, 3.63) is 29.3 Å². The molecule has 0 radical (unpaired) electrons. The van der Waals surface area contributed by atoms with Crippen molar-refractivity contribution in [3.8, 4) is 5.75 Å². The van der Waals surface area contributed by atoms with E-state index >= 15 is 0 Å². The molecule has 19 heavy (non-hydrogen) atoms. The third-order valence-corrected chi connectivity index (χ3v) is 4.06. The lowest BCUT2D eigenvalue weighted by Crippen LogP contribution is -2.43. The van der Waals surface area contributed by atoms with Crippen LogP contribution in [0.25, 0.3) is 0 Å².